The lowest BCUT2D eigenvalue weighted by atomic mass is 10.0. The summed E-state index contributed by atoms with van der Waals surface area (Å²) in [6.07, 6.45) is 4.34. The van der Waals surface area contributed by atoms with Gasteiger partial charge in [0.25, 0.3) is 5.91 Å². The lowest BCUT2D eigenvalue weighted by molar-refractivity contribution is -0.116. The lowest BCUT2D eigenvalue weighted by Crippen LogP contribution is -2.19. The van der Waals surface area contributed by atoms with Crippen molar-refractivity contribution in [2.45, 2.75) is 12.8 Å². The first-order valence-corrected chi connectivity index (χ1v) is 6.36. The molecule has 2 heterocycles. The van der Waals surface area contributed by atoms with Crippen molar-refractivity contribution in [1.82, 2.24) is 4.98 Å². The zero-order valence-corrected chi connectivity index (χ0v) is 10.7. The van der Waals surface area contributed by atoms with Gasteiger partial charge in [-0.05, 0) is 42.3 Å². The SMILES string of the molecule is O=C1CCc2cc(NC(=O)c3ccncc3)ccc2N1. The molecule has 0 aliphatic carbocycles. The van der Waals surface area contributed by atoms with E-state index < -0.39 is 0 Å². The van der Waals surface area contributed by atoms with Crippen LogP contribution in [-0.2, 0) is 11.2 Å². The molecule has 2 amide bonds. The van der Waals surface area contributed by atoms with Crippen LogP contribution in [0, 0.1) is 0 Å². The third-order valence-electron chi connectivity index (χ3n) is 3.20. The van der Waals surface area contributed by atoms with Gasteiger partial charge in [-0.3, -0.25) is 14.6 Å². The molecule has 0 fully saturated rings. The van der Waals surface area contributed by atoms with Crippen LogP contribution in [0.2, 0.25) is 0 Å². The molecule has 2 N–H and O–H groups in total. The second kappa shape index (κ2) is 5.13. The molecule has 0 atom stereocenters. The molecule has 0 unspecified atom stereocenters. The molecular formula is C15H13N3O2. The van der Waals surface area contributed by atoms with Gasteiger partial charge in [-0.2, -0.15) is 0 Å². The maximum atomic E-state index is 12.0. The van der Waals surface area contributed by atoms with Crippen LogP contribution in [0.5, 0.6) is 0 Å². The summed E-state index contributed by atoms with van der Waals surface area (Å²) >= 11 is 0. The highest BCUT2D eigenvalue weighted by Crippen LogP contribution is 2.25. The molecule has 3 rings (SSSR count). The third-order valence-corrected chi connectivity index (χ3v) is 3.20. The number of benzene rings is 1. The normalized spacial score (nSPS) is 13.3. The number of pyridine rings is 1. The van der Waals surface area contributed by atoms with Crippen LogP contribution in [-0.4, -0.2) is 16.8 Å². The average molecular weight is 267 g/mol. The molecule has 0 spiro atoms. The van der Waals surface area contributed by atoms with Crippen LogP contribution in [0.25, 0.3) is 0 Å². The summed E-state index contributed by atoms with van der Waals surface area (Å²) < 4.78 is 0. The highest BCUT2D eigenvalue weighted by atomic mass is 16.2. The quantitative estimate of drug-likeness (QED) is 0.876. The van der Waals surface area contributed by atoms with E-state index in [4.69, 9.17) is 0 Å². The Hall–Kier alpha value is -2.69. The Kier molecular flexibility index (Phi) is 3.16. The largest absolute Gasteiger partial charge is 0.326 e. The zero-order valence-electron chi connectivity index (χ0n) is 10.7. The van der Waals surface area contributed by atoms with Crippen molar-refractivity contribution in [3.63, 3.8) is 0 Å². The van der Waals surface area contributed by atoms with Crippen LogP contribution in [0.15, 0.2) is 42.7 Å². The Morgan fingerprint density at radius 2 is 1.95 bits per heavy atom. The molecule has 0 bridgehead atoms. The Balaban J connectivity index is 1.79. The van der Waals surface area contributed by atoms with Gasteiger partial charge in [0.1, 0.15) is 0 Å². The molecule has 1 aliphatic heterocycles. The Bertz CT molecular complexity index is 668. The number of rotatable bonds is 2. The summed E-state index contributed by atoms with van der Waals surface area (Å²) in [7, 11) is 0. The van der Waals surface area contributed by atoms with E-state index in [1.54, 1.807) is 30.6 Å². The number of fused-ring (bicyclic) bond motifs is 1. The number of nitrogens with zero attached hydrogens (tertiary/aromatic N) is 1. The van der Waals surface area contributed by atoms with Gasteiger partial charge in [-0.15, -0.1) is 0 Å². The number of carbonyl (C=O) groups excluding carboxylic acids is 2. The number of hydrogen-bond acceptors (Lipinski definition) is 3. The number of amides is 2. The van der Waals surface area contributed by atoms with Gasteiger partial charge in [0, 0.05) is 35.8 Å². The van der Waals surface area contributed by atoms with Crippen LogP contribution in [0.3, 0.4) is 0 Å². The van der Waals surface area contributed by atoms with Gasteiger partial charge in [-0.25, -0.2) is 0 Å². The number of anilines is 2. The summed E-state index contributed by atoms with van der Waals surface area (Å²) in [5.74, 6) is -0.140. The van der Waals surface area contributed by atoms with E-state index in [-0.39, 0.29) is 11.8 Å². The van der Waals surface area contributed by atoms with Crippen LogP contribution >= 0.6 is 0 Å². The molecule has 0 saturated carbocycles. The van der Waals surface area contributed by atoms with E-state index in [2.05, 4.69) is 15.6 Å². The molecule has 20 heavy (non-hydrogen) atoms. The minimum absolute atomic E-state index is 0.0334. The zero-order chi connectivity index (χ0) is 13.9. The summed E-state index contributed by atoms with van der Waals surface area (Å²) in [5.41, 5.74) is 3.15. The lowest BCUT2D eigenvalue weighted by Gasteiger charge is -2.17. The molecule has 0 radical (unpaired) electrons. The molecule has 2 aromatic rings. The summed E-state index contributed by atoms with van der Waals surface area (Å²) in [4.78, 5) is 27.2. The average Bonchev–Trinajstić information content (AvgIpc) is 2.48. The molecule has 1 aliphatic rings. The van der Waals surface area contributed by atoms with Crippen LogP contribution < -0.4 is 10.6 Å². The molecule has 5 nitrogen and oxygen atoms in total. The number of carbonyl (C=O) groups is 2. The molecule has 0 saturated heterocycles. The summed E-state index contributed by atoms with van der Waals surface area (Å²) in [6.45, 7) is 0. The molecule has 1 aromatic carbocycles. The first-order chi connectivity index (χ1) is 9.72. The maximum absolute atomic E-state index is 12.0. The van der Waals surface area contributed by atoms with Gasteiger partial charge >= 0.3 is 0 Å². The van der Waals surface area contributed by atoms with Crippen molar-refractivity contribution in [2.24, 2.45) is 0 Å². The first kappa shape index (κ1) is 12.3. The van der Waals surface area contributed by atoms with Crippen molar-refractivity contribution in [3.8, 4) is 0 Å². The van der Waals surface area contributed by atoms with Crippen molar-refractivity contribution >= 4 is 23.2 Å². The van der Waals surface area contributed by atoms with Gasteiger partial charge < -0.3 is 10.6 Å². The van der Waals surface area contributed by atoms with Gasteiger partial charge in [0.2, 0.25) is 5.91 Å². The van der Waals surface area contributed by atoms with E-state index in [0.717, 1.165) is 16.9 Å². The minimum Gasteiger partial charge on any atom is -0.326 e. The fourth-order valence-corrected chi connectivity index (χ4v) is 2.17. The van der Waals surface area contributed by atoms with E-state index in [1.807, 2.05) is 12.1 Å². The molecular weight excluding hydrogens is 254 g/mol. The van der Waals surface area contributed by atoms with Crippen LogP contribution in [0.1, 0.15) is 22.3 Å². The van der Waals surface area contributed by atoms with E-state index in [1.165, 1.54) is 0 Å². The van der Waals surface area contributed by atoms with Crippen molar-refractivity contribution < 1.29 is 9.59 Å². The number of aryl methyl sites for hydroxylation is 1. The predicted octanol–water partition coefficient (Wildman–Crippen LogP) is 2.22. The summed E-state index contributed by atoms with van der Waals surface area (Å²) in [6, 6.07) is 8.81. The van der Waals surface area contributed by atoms with Crippen molar-refractivity contribution in [3.05, 3.63) is 53.9 Å². The van der Waals surface area contributed by atoms with E-state index in [9.17, 15) is 9.59 Å². The highest BCUT2D eigenvalue weighted by molar-refractivity contribution is 6.04. The van der Waals surface area contributed by atoms with Gasteiger partial charge in [0.15, 0.2) is 0 Å². The second-order valence-corrected chi connectivity index (χ2v) is 4.61. The Morgan fingerprint density at radius 1 is 1.15 bits per heavy atom. The first-order valence-electron chi connectivity index (χ1n) is 6.36. The topological polar surface area (TPSA) is 71.1 Å². The summed E-state index contributed by atoms with van der Waals surface area (Å²) in [5, 5.41) is 5.65. The van der Waals surface area contributed by atoms with Crippen molar-refractivity contribution in [1.29, 1.82) is 0 Å². The van der Waals surface area contributed by atoms with Crippen molar-refractivity contribution in [2.75, 3.05) is 10.6 Å². The number of hydrogen-bond donors (Lipinski definition) is 2. The van der Waals surface area contributed by atoms with E-state index >= 15 is 0 Å². The van der Waals surface area contributed by atoms with Crippen LogP contribution in [0.4, 0.5) is 11.4 Å². The highest BCUT2D eigenvalue weighted by Gasteiger charge is 2.15. The minimum atomic E-state index is -0.174. The fraction of sp³-hybridized carbons (Fsp3) is 0.133. The standard InChI is InChI=1S/C15H13N3O2/c19-14-4-1-11-9-12(2-3-13(11)18-14)17-15(20)10-5-7-16-8-6-10/h2-3,5-9H,1,4H2,(H,17,20)(H,18,19). The monoisotopic (exact) mass is 267 g/mol. The molecule has 1 aromatic heterocycles. The smallest absolute Gasteiger partial charge is 0.255 e. The Labute approximate surface area is 116 Å². The fourth-order valence-electron chi connectivity index (χ4n) is 2.17. The maximum Gasteiger partial charge on any atom is 0.255 e. The number of aromatic nitrogens is 1. The Morgan fingerprint density at radius 3 is 2.75 bits per heavy atom. The van der Waals surface area contributed by atoms with E-state index in [0.29, 0.717) is 18.4 Å². The number of nitrogens with one attached hydrogen (secondary N) is 2. The molecule has 100 valence electrons. The third kappa shape index (κ3) is 2.51. The second-order valence-electron chi connectivity index (χ2n) is 4.61. The van der Waals surface area contributed by atoms with Gasteiger partial charge in [-0.1, -0.05) is 0 Å². The molecule has 5 heteroatoms. The van der Waals surface area contributed by atoms with Gasteiger partial charge in [0.05, 0.1) is 0 Å². The predicted molar refractivity (Wildman–Crippen MR) is 75.6 cm³/mol.